The van der Waals surface area contributed by atoms with Crippen molar-refractivity contribution in [1.82, 2.24) is 5.32 Å². The highest BCUT2D eigenvalue weighted by molar-refractivity contribution is 5.86. The molecule has 0 heterocycles. The van der Waals surface area contributed by atoms with E-state index >= 15 is 0 Å². The molecule has 2 unspecified atom stereocenters. The molecule has 1 aromatic rings. The summed E-state index contributed by atoms with van der Waals surface area (Å²) in [5, 5.41) is 21.2. The predicted octanol–water partition coefficient (Wildman–Crippen LogP) is 0.287. The van der Waals surface area contributed by atoms with Crippen LogP contribution in [-0.4, -0.2) is 40.3 Å². The molecule has 5 N–H and O–H groups in total. The highest BCUT2D eigenvalue weighted by atomic mass is 16.4. The smallest absolute Gasteiger partial charge is 0.326 e. The summed E-state index contributed by atoms with van der Waals surface area (Å²) in [5.74, 6) is -1.87. The van der Waals surface area contributed by atoms with E-state index in [-0.39, 0.29) is 0 Å². The maximum absolute atomic E-state index is 11.9. The Morgan fingerprint density at radius 1 is 1.29 bits per heavy atom. The molecule has 1 amide bonds. The highest BCUT2D eigenvalue weighted by Gasteiger charge is 2.27. The lowest BCUT2D eigenvalue weighted by molar-refractivity contribution is -0.143. The Balaban J connectivity index is 2.58. The highest BCUT2D eigenvalue weighted by Crippen LogP contribution is 2.06. The third kappa shape index (κ3) is 5.53. The van der Waals surface area contributed by atoms with Crippen molar-refractivity contribution in [2.45, 2.75) is 44.4 Å². The summed E-state index contributed by atoms with van der Waals surface area (Å²) in [6.45, 7) is 1.82. The second-order valence-electron chi connectivity index (χ2n) is 4.99. The summed E-state index contributed by atoms with van der Waals surface area (Å²) in [4.78, 5) is 22.8. The number of carbonyl (C=O) groups excluding carboxylic acids is 1. The summed E-state index contributed by atoms with van der Waals surface area (Å²) in [5.41, 5.74) is 6.72. The first-order chi connectivity index (χ1) is 9.95. The molecule has 0 aromatic heterocycles. The van der Waals surface area contributed by atoms with Gasteiger partial charge in [-0.05, 0) is 18.4 Å². The van der Waals surface area contributed by atoms with E-state index in [4.69, 9.17) is 10.8 Å². The SMILES string of the molecule is CCC[C@H](NC(=O)C(O)C(N)Cc1ccccc1)C(=O)O. The van der Waals surface area contributed by atoms with Gasteiger partial charge in [-0.3, -0.25) is 4.79 Å². The van der Waals surface area contributed by atoms with Crippen LogP contribution in [0.5, 0.6) is 0 Å². The molecular weight excluding hydrogens is 272 g/mol. The van der Waals surface area contributed by atoms with Gasteiger partial charge in [-0.25, -0.2) is 4.79 Å². The maximum atomic E-state index is 11.9. The number of hydrogen-bond acceptors (Lipinski definition) is 4. The van der Waals surface area contributed by atoms with Gasteiger partial charge in [0.1, 0.15) is 12.1 Å². The number of rotatable bonds is 8. The Morgan fingerprint density at radius 3 is 2.43 bits per heavy atom. The van der Waals surface area contributed by atoms with Crippen LogP contribution in [0.1, 0.15) is 25.3 Å². The Morgan fingerprint density at radius 2 is 1.90 bits per heavy atom. The first-order valence-electron chi connectivity index (χ1n) is 6.96. The number of nitrogens with one attached hydrogen (secondary N) is 1. The fourth-order valence-corrected chi connectivity index (χ4v) is 2.00. The Labute approximate surface area is 124 Å². The van der Waals surface area contributed by atoms with Gasteiger partial charge in [0, 0.05) is 6.04 Å². The summed E-state index contributed by atoms with van der Waals surface area (Å²) in [7, 11) is 0. The number of carboxylic acids is 1. The Hall–Kier alpha value is -1.92. The number of carboxylic acid groups (broad SMARTS) is 1. The van der Waals surface area contributed by atoms with Gasteiger partial charge in [0.05, 0.1) is 0 Å². The van der Waals surface area contributed by atoms with Crippen LogP contribution in [0, 0.1) is 0 Å². The largest absolute Gasteiger partial charge is 0.480 e. The molecule has 0 aliphatic carbocycles. The molecule has 0 aliphatic heterocycles. The first-order valence-corrected chi connectivity index (χ1v) is 6.96. The van der Waals surface area contributed by atoms with E-state index in [0.29, 0.717) is 19.3 Å². The number of hydrogen-bond donors (Lipinski definition) is 4. The van der Waals surface area contributed by atoms with Gasteiger partial charge in [0.25, 0.3) is 5.91 Å². The number of benzene rings is 1. The minimum Gasteiger partial charge on any atom is -0.480 e. The average molecular weight is 294 g/mol. The van der Waals surface area contributed by atoms with Gasteiger partial charge in [0.2, 0.25) is 0 Å². The number of aliphatic hydroxyl groups excluding tert-OH is 1. The van der Waals surface area contributed by atoms with Gasteiger partial charge in [-0.2, -0.15) is 0 Å². The second-order valence-corrected chi connectivity index (χ2v) is 4.99. The summed E-state index contributed by atoms with van der Waals surface area (Å²) in [6.07, 6.45) is -0.185. The van der Waals surface area contributed by atoms with E-state index in [2.05, 4.69) is 5.32 Å². The zero-order valence-electron chi connectivity index (χ0n) is 12.0. The molecule has 0 radical (unpaired) electrons. The molecule has 0 bridgehead atoms. The Kier molecular flexibility index (Phi) is 6.84. The predicted molar refractivity (Wildman–Crippen MR) is 78.6 cm³/mol. The van der Waals surface area contributed by atoms with Gasteiger partial charge >= 0.3 is 5.97 Å². The minimum absolute atomic E-state index is 0.307. The fourth-order valence-electron chi connectivity index (χ4n) is 2.00. The van der Waals surface area contributed by atoms with Crippen molar-refractivity contribution in [1.29, 1.82) is 0 Å². The molecule has 6 heteroatoms. The molecular formula is C15H22N2O4. The number of carbonyl (C=O) groups is 2. The fraction of sp³-hybridized carbons (Fsp3) is 0.467. The molecule has 3 atom stereocenters. The maximum Gasteiger partial charge on any atom is 0.326 e. The average Bonchev–Trinajstić information content (AvgIpc) is 2.46. The molecule has 116 valence electrons. The minimum atomic E-state index is -1.44. The van der Waals surface area contributed by atoms with E-state index in [1.165, 1.54) is 0 Å². The van der Waals surface area contributed by atoms with Crippen LogP contribution in [0.15, 0.2) is 30.3 Å². The van der Waals surface area contributed by atoms with E-state index in [1.807, 2.05) is 37.3 Å². The van der Waals surface area contributed by atoms with Gasteiger partial charge in [0.15, 0.2) is 0 Å². The van der Waals surface area contributed by atoms with E-state index in [1.54, 1.807) is 0 Å². The van der Waals surface area contributed by atoms with Crippen LogP contribution < -0.4 is 11.1 Å². The van der Waals surface area contributed by atoms with Crippen molar-refractivity contribution in [3.05, 3.63) is 35.9 Å². The molecule has 1 aromatic carbocycles. The van der Waals surface area contributed by atoms with Crippen molar-refractivity contribution in [3.8, 4) is 0 Å². The van der Waals surface area contributed by atoms with Crippen LogP contribution in [-0.2, 0) is 16.0 Å². The molecule has 0 spiro atoms. The topological polar surface area (TPSA) is 113 Å². The molecule has 0 aliphatic rings. The number of aliphatic hydroxyl groups is 1. The van der Waals surface area contributed by atoms with E-state index in [0.717, 1.165) is 5.56 Å². The normalized spacial score (nSPS) is 15.0. The standard InChI is InChI=1S/C15H22N2O4/c1-2-6-12(15(20)21)17-14(19)13(18)11(16)9-10-7-4-3-5-8-10/h3-5,7-8,11-13,18H,2,6,9,16H2,1H3,(H,17,19)(H,20,21)/t11?,12-,13?/m0/s1. The zero-order valence-corrected chi connectivity index (χ0v) is 12.0. The third-order valence-corrected chi connectivity index (χ3v) is 3.18. The molecule has 0 fully saturated rings. The second kappa shape index (κ2) is 8.39. The summed E-state index contributed by atoms with van der Waals surface area (Å²) >= 11 is 0. The number of amides is 1. The van der Waals surface area contributed by atoms with Crippen LogP contribution in [0.2, 0.25) is 0 Å². The van der Waals surface area contributed by atoms with E-state index in [9.17, 15) is 14.7 Å². The number of nitrogens with two attached hydrogens (primary N) is 1. The lowest BCUT2D eigenvalue weighted by Crippen LogP contribution is -2.51. The lowest BCUT2D eigenvalue weighted by atomic mass is 10.0. The van der Waals surface area contributed by atoms with Gasteiger partial charge < -0.3 is 21.3 Å². The number of aliphatic carboxylic acids is 1. The molecule has 0 saturated carbocycles. The van der Waals surface area contributed by atoms with Crippen molar-refractivity contribution in [2.24, 2.45) is 5.73 Å². The molecule has 0 saturated heterocycles. The van der Waals surface area contributed by atoms with Crippen molar-refractivity contribution < 1.29 is 19.8 Å². The van der Waals surface area contributed by atoms with Crippen LogP contribution in [0.4, 0.5) is 0 Å². The quantitative estimate of drug-likeness (QED) is 0.550. The summed E-state index contributed by atoms with van der Waals surface area (Å²) < 4.78 is 0. The molecule has 21 heavy (non-hydrogen) atoms. The van der Waals surface area contributed by atoms with Crippen molar-refractivity contribution in [3.63, 3.8) is 0 Å². The van der Waals surface area contributed by atoms with Gasteiger partial charge in [-0.1, -0.05) is 43.7 Å². The van der Waals surface area contributed by atoms with Crippen LogP contribution in [0.25, 0.3) is 0 Å². The zero-order chi connectivity index (χ0) is 15.8. The molecule has 6 nitrogen and oxygen atoms in total. The van der Waals surface area contributed by atoms with Crippen molar-refractivity contribution >= 4 is 11.9 Å². The van der Waals surface area contributed by atoms with E-state index < -0.39 is 30.1 Å². The van der Waals surface area contributed by atoms with Gasteiger partial charge in [-0.15, -0.1) is 0 Å². The Bertz CT molecular complexity index is 464. The third-order valence-electron chi connectivity index (χ3n) is 3.18. The van der Waals surface area contributed by atoms with Crippen LogP contribution in [0.3, 0.4) is 0 Å². The lowest BCUT2D eigenvalue weighted by Gasteiger charge is -2.21. The van der Waals surface area contributed by atoms with Crippen LogP contribution >= 0.6 is 0 Å². The monoisotopic (exact) mass is 294 g/mol. The molecule has 1 rings (SSSR count). The van der Waals surface area contributed by atoms with Crippen molar-refractivity contribution in [2.75, 3.05) is 0 Å². The first kappa shape index (κ1) is 17.1. The summed E-state index contributed by atoms with van der Waals surface area (Å²) in [6, 6.07) is 7.46.